The number of rotatable bonds is 1. The molecule has 0 bridgehead atoms. The summed E-state index contributed by atoms with van der Waals surface area (Å²) >= 11 is 0. The zero-order chi connectivity index (χ0) is 17.5. The molecule has 1 aliphatic carbocycles. The van der Waals surface area contributed by atoms with Gasteiger partial charge in [-0.2, -0.15) is 12.2 Å². The zero-order valence-electron chi connectivity index (χ0n) is 14.7. The third-order valence-corrected chi connectivity index (χ3v) is 4.70. The monoisotopic (exact) mass is 527 g/mol. The molecule has 4 heteroatoms. The molecule has 0 fully saturated rings. The maximum absolute atomic E-state index is 4.46. The van der Waals surface area contributed by atoms with Gasteiger partial charge in [0.1, 0.15) is 0 Å². The Kier molecular flexibility index (Phi) is 4.61. The summed E-state index contributed by atoms with van der Waals surface area (Å²) in [5.41, 5.74) is 7.60. The first-order chi connectivity index (χ1) is 12.8. The van der Waals surface area contributed by atoms with Crippen LogP contribution in [-0.2, 0) is 27.2 Å². The van der Waals surface area contributed by atoms with Crippen molar-refractivity contribution in [3.05, 3.63) is 90.4 Å². The molecule has 4 aromatic rings. The van der Waals surface area contributed by atoms with Crippen LogP contribution in [-0.4, -0.2) is 9.55 Å². The molecule has 0 spiro atoms. The summed E-state index contributed by atoms with van der Waals surface area (Å²) in [5.74, 6) is 0. The minimum atomic E-state index is 0. The van der Waals surface area contributed by atoms with E-state index in [2.05, 4.69) is 78.1 Å². The second-order valence-corrected chi connectivity index (χ2v) is 6.33. The summed E-state index contributed by atoms with van der Waals surface area (Å²) < 4.78 is 3.93. The van der Waals surface area contributed by atoms with Gasteiger partial charge in [-0.05, 0) is 5.56 Å². The van der Waals surface area contributed by atoms with Crippen molar-refractivity contribution in [1.82, 2.24) is 9.55 Å². The molecule has 0 atom stereocenters. The molecule has 0 saturated heterocycles. The molecule has 0 N–H and O–H groups in total. The van der Waals surface area contributed by atoms with E-state index in [-0.39, 0.29) is 20.1 Å². The van der Waals surface area contributed by atoms with Gasteiger partial charge in [-0.1, -0.05) is 71.4 Å². The van der Waals surface area contributed by atoms with Gasteiger partial charge in [-0.25, -0.2) is 0 Å². The Bertz CT molecular complexity index is 1200. The topological polar surface area (TPSA) is 21.7 Å². The van der Waals surface area contributed by atoms with Crippen LogP contribution in [0.3, 0.4) is 0 Å². The number of aryl methyl sites for hydroxylation is 1. The van der Waals surface area contributed by atoms with E-state index in [1.54, 1.807) is 6.20 Å². The van der Waals surface area contributed by atoms with Crippen LogP contribution in [0.25, 0.3) is 40.1 Å². The summed E-state index contributed by atoms with van der Waals surface area (Å²) in [7, 11) is 1.96. The van der Waals surface area contributed by atoms with Crippen LogP contribution in [0.2, 0.25) is 0 Å². The molecule has 1 aliphatic rings. The van der Waals surface area contributed by atoms with Crippen LogP contribution in [0, 0.1) is 12.4 Å². The van der Waals surface area contributed by atoms with Gasteiger partial charge in [-0.3, -0.25) is 4.98 Å². The Labute approximate surface area is 171 Å². The minimum absolute atomic E-state index is 0. The number of nitrogens with zero attached hydrogens (tertiary/aromatic N) is 3. The van der Waals surface area contributed by atoms with Crippen molar-refractivity contribution in [3.63, 3.8) is 0 Å². The number of imidazole rings is 1. The van der Waals surface area contributed by atoms with Crippen molar-refractivity contribution in [3.8, 4) is 11.1 Å². The summed E-state index contributed by atoms with van der Waals surface area (Å²) in [5, 5.41) is 0. The molecular weight excluding hydrogens is 510 g/mol. The fourth-order valence-electron chi connectivity index (χ4n) is 3.46. The van der Waals surface area contributed by atoms with Crippen molar-refractivity contribution >= 4 is 29.0 Å². The molecule has 2 aromatic heterocycles. The second kappa shape index (κ2) is 7.07. The van der Waals surface area contributed by atoms with Crippen LogP contribution in [0.4, 0.5) is 0 Å². The van der Waals surface area contributed by atoms with Crippen molar-refractivity contribution in [2.75, 3.05) is 0 Å². The molecule has 2 heterocycles. The molecule has 2 aromatic carbocycles. The second-order valence-electron chi connectivity index (χ2n) is 6.33. The van der Waals surface area contributed by atoms with Gasteiger partial charge < -0.3 is 9.13 Å². The molecular formula is C23H16IrN3-. The van der Waals surface area contributed by atoms with Gasteiger partial charge in [0, 0.05) is 26.3 Å². The number of allylic oxidation sites excluding steroid dienone is 2. The smallest absolute Gasteiger partial charge is 0.243 e. The van der Waals surface area contributed by atoms with Crippen LogP contribution < -0.4 is 4.57 Å². The third kappa shape index (κ3) is 2.97. The summed E-state index contributed by atoms with van der Waals surface area (Å²) in [6, 6.07) is 20.9. The molecule has 0 unspecified atom stereocenters. The largest absolute Gasteiger partial charge is 0.340 e. The van der Waals surface area contributed by atoms with E-state index in [0.717, 1.165) is 28.0 Å². The number of fused-ring (bicyclic) bond motifs is 4. The Morgan fingerprint density at radius 3 is 2.41 bits per heavy atom. The number of hydrogen-bond acceptors (Lipinski definition) is 1. The van der Waals surface area contributed by atoms with Gasteiger partial charge in [-0.15, -0.1) is 17.7 Å². The van der Waals surface area contributed by atoms with Crippen LogP contribution in [0.1, 0.15) is 11.1 Å². The van der Waals surface area contributed by atoms with Crippen LogP contribution >= 0.6 is 0 Å². The van der Waals surface area contributed by atoms with E-state index in [4.69, 9.17) is 0 Å². The number of hydrogen-bond donors (Lipinski definition) is 0. The van der Waals surface area contributed by atoms with E-state index in [9.17, 15) is 0 Å². The van der Waals surface area contributed by atoms with E-state index in [1.165, 1.54) is 11.1 Å². The minimum Gasteiger partial charge on any atom is -0.340 e. The molecule has 0 amide bonds. The van der Waals surface area contributed by atoms with Crippen molar-refractivity contribution in [1.29, 1.82) is 0 Å². The number of aromatic nitrogens is 3. The molecule has 1 radical (unpaired) electrons. The average Bonchev–Trinajstić information content (AvgIpc) is 3.01. The maximum Gasteiger partial charge on any atom is 0.243 e. The summed E-state index contributed by atoms with van der Waals surface area (Å²) in [6.07, 6.45) is 12.8. The standard InChI is InChI=1S/C23H16N3.Ir/c1-25-16-26(22-11-6-14-24-23(22)25)19-13-12-17-7-2-4-9-20(17)21-10-5-3-8-18(21)15-19;/h2-12,14-15H,1H3;/q-1;/b17-12?,18-15?,19-15+,21-20?;. The third-order valence-electron chi connectivity index (χ3n) is 4.70. The molecule has 5 rings (SSSR count). The Balaban J connectivity index is 0.00000180. The molecule has 133 valence electrons. The first-order valence-electron chi connectivity index (χ1n) is 8.56. The molecule has 27 heavy (non-hydrogen) atoms. The van der Waals surface area contributed by atoms with Gasteiger partial charge >= 0.3 is 0 Å². The fraction of sp³-hybridized carbons (Fsp3) is 0.0435. The first kappa shape index (κ1) is 17.6. The molecule has 3 nitrogen and oxygen atoms in total. The normalized spacial score (nSPS) is 14.3. The van der Waals surface area contributed by atoms with Gasteiger partial charge in [0.05, 0.1) is 12.6 Å². The van der Waals surface area contributed by atoms with Crippen LogP contribution in [0.5, 0.6) is 0 Å². The van der Waals surface area contributed by atoms with E-state index >= 15 is 0 Å². The SMILES string of the molecule is Cn1[c-][n+](/C2=C/c3ccccc3-c3ccccc3C=[C-]2)c2cccnc21.[Ir]. The van der Waals surface area contributed by atoms with Gasteiger partial charge in [0.2, 0.25) is 6.33 Å². The molecule has 0 aliphatic heterocycles. The fourth-order valence-corrected chi connectivity index (χ4v) is 3.46. The Hall–Kier alpha value is -2.81. The molecule has 0 saturated carbocycles. The van der Waals surface area contributed by atoms with E-state index in [1.807, 2.05) is 28.3 Å². The zero-order valence-corrected chi connectivity index (χ0v) is 17.1. The van der Waals surface area contributed by atoms with Crippen molar-refractivity contribution in [2.24, 2.45) is 7.05 Å². The first-order valence-corrected chi connectivity index (χ1v) is 8.56. The van der Waals surface area contributed by atoms with Gasteiger partial charge in [0.25, 0.3) is 0 Å². The van der Waals surface area contributed by atoms with Gasteiger partial charge in [0.15, 0.2) is 5.65 Å². The summed E-state index contributed by atoms with van der Waals surface area (Å²) in [6.45, 7) is 0. The Morgan fingerprint density at radius 2 is 1.59 bits per heavy atom. The number of pyridine rings is 1. The van der Waals surface area contributed by atoms with E-state index in [0.29, 0.717) is 0 Å². The summed E-state index contributed by atoms with van der Waals surface area (Å²) in [4.78, 5) is 4.46. The Morgan fingerprint density at radius 1 is 0.889 bits per heavy atom. The predicted octanol–water partition coefficient (Wildman–Crippen LogP) is 4.15. The van der Waals surface area contributed by atoms with E-state index < -0.39 is 0 Å². The average molecular weight is 527 g/mol. The maximum atomic E-state index is 4.46. The predicted molar refractivity (Wildman–Crippen MR) is 103 cm³/mol. The number of benzene rings is 2. The van der Waals surface area contributed by atoms with Crippen molar-refractivity contribution < 1.29 is 24.7 Å². The quantitative estimate of drug-likeness (QED) is 0.270. The van der Waals surface area contributed by atoms with Crippen LogP contribution in [0.15, 0.2) is 66.9 Å². The van der Waals surface area contributed by atoms with Crippen molar-refractivity contribution in [2.45, 2.75) is 0 Å².